The number of nitrogens with zero attached hydrogens (tertiary/aromatic N) is 4. The van der Waals surface area contributed by atoms with Gasteiger partial charge in [0.2, 0.25) is 5.91 Å². The van der Waals surface area contributed by atoms with E-state index in [1.807, 2.05) is 24.3 Å². The average Bonchev–Trinajstić information content (AvgIpc) is 3.20. The van der Waals surface area contributed by atoms with Gasteiger partial charge >= 0.3 is 0 Å². The third-order valence-corrected chi connectivity index (χ3v) is 6.42. The van der Waals surface area contributed by atoms with Crippen LogP contribution in [0.3, 0.4) is 0 Å². The second kappa shape index (κ2) is 9.17. The molecule has 1 N–H and O–H groups in total. The Balaban J connectivity index is 1.31. The molecule has 0 radical (unpaired) electrons. The molecule has 1 aliphatic rings. The molecule has 1 atom stereocenters. The average molecular weight is 446 g/mol. The highest BCUT2D eigenvalue weighted by Crippen LogP contribution is 2.30. The van der Waals surface area contributed by atoms with E-state index in [1.165, 1.54) is 12.1 Å². The molecule has 1 aliphatic heterocycles. The van der Waals surface area contributed by atoms with Gasteiger partial charge in [-0.3, -0.25) is 9.78 Å². The van der Waals surface area contributed by atoms with Gasteiger partial charge in [-0.15, -0.1) is 0 Å². The number of hydrogen-bond acceptors (Lipinski definition) is 4. The fourth-order valence-corrected chi connectivity index (χ4v) is 4.83. The van der Waals surface area contributed by atoms with Crippen molar-refractivity contribution in [1.29, 1.82) is 0 Å². The molecule has 1 unspecified atom stereocenters. The van der Waals surface area contributed by atoms with Crippen LogP contribution in [-0.2, 0) is 17.9 Å². The molecule has 3 heterocycles. The highest BCUT2D eigenvalue weighted by atomic mass is 19.1. The van der Waals surface area contributed by atoms with E-state index in [2.05, 4.69) is 32.8 Å². The fourth-order valence-electron chi connectivity index (χ4n) is 4.83. The van der Waals surface area contributed by atoms with Crippen LogP contribution >= 0.6 is 0 Å². The van der Waals surface area contributed by atoms with Gasteiger partial charge < -0.3 is 14.8 Å². The standard InChI is InChI=1S/C26H28FN5O/c1-2-13-32-24-8-4-3-7-22(24)30-25(32)16-29-26(33)18-6-5-14-31(17-18)23-11-12-28-21-10-9-19(27)15-20(21)23/h3-4,7-12,15,18H,2,5-6,13-14,16-17H2,1H3,(H,29,33). The molecule has 7 heteroatoms. The predicted molar refractivity (Wildman–Crippen MR) is 129 cm³/mol. The largest absolute Gasteiger partial charge is 0.370 e. The van der Waals surface area contributed by atoms with E-state index in [0.717, 1.165) is 65.8 Å². The number of benzene rings is 2. The van der Waals surface area contributed by atoms with Crippen LogP contribution < -0.4 is 10.2 Å². The number of amides is 1. The minimum absolute atomic E-state index is 0.0411. The zero-order valence-electron chi connectivity index (χ0n) is 18.8. The maximum Gasteiger partial charge on any atom is 0.225 e. The summed E-state index contributed by atoms with van der Waals surface area (Å²) in [5.41, 5.74) is 3.75. The van der Waals surface area contributed by atoms with Crippen LogP contribution in [-0.4, -0.2) is 33.5 Å². The van der Waals surface area contributed by atoms with E-state index in [9.17, 15) is 9.18 Å². The summed E-state index contributed by atoms with van der Waals surface area (Å²) in [6, 6.07) is 14.7. The number of anilines is 1. The van der Waals surface area contributed by atoms with Crippen LogP contribution in [0.2, 0.25) is 0 Å². The number of pyridine rings is 1. The minimum atomic E-state index is -0.280. The molecule has 0 aliphatic carbocycles. The van der Waals surface area contributed by atoms with Gasteiger partial charge in [-0.05, 0) is 55.7 Å². The van der Waals surface area contributed by atoms with E-state index in [4.69, 9.17) is 4.98 Å². The Hall–Kier alpha value is -3.48. The van der Waals surface area contributed by atoms with Crippen molar-refractivity contribution in [2.24, 2.45) is 5.92 Å². The Morgan fingerprint density at radius 3 is 2.94 bits per heavy atom. The highest BCUT2D eigenvalue weighted by molar-refractivity contribution is 5.92. The number of fused-ring (bicyclic) bond motifs is 2. The molecule has 0 bridgehead atoms. The number of hydrogen-bond donors (Lipinski definition) is 1. The maximum absolute atomic E-state index is 13.9. The van der Waals surface area contributed by atoms with E-state index in [1.54, 1.807) is 12.3 Å². The van der Waals surface area contributed by atoms with Crippen molar-refractivity contribution in [3.8, 4) is 0 Å². The van der Waals surface area contributed by atoms with Gasteiger partial charge in [0.05, 0.1) is 29.0 Å². The molecule has 33 heavy (non-hydrogen) atoms. The first-order valence-corrected chi connectivity index (χ1v) is 11.6. The van der Waals surface area contributed by atoms with Crippen molar-refractivity contribution in [3.05, 3.63) is 66.4 Å². The molecule has 1 fully saturated rings. The quantitative estimate of drug-likeness (QED) is 0.469. The van der Waals surface area contributed by atoms with Crippen LogP contribution in [0.15, 0.2) is 54.7 Å². The summed E-state index contributed by atoms with van der Waals surface area (Å²) in [5.74, 6) is 0.520. The van der Waals surface area contributed by atoms with Gasteiger partial charge in [0.15, 0.2) is 0 Å². The van der Waals surface area contributed by atoms with Gasteiger partial charge in [-0.2, -0.15) is 0 Å². The molecule has 1 amide bonds. The van der Waals surface area contributed by atoms with Crippen LogP contribution in [0.4, 0.5) is 10.1 Å². The van der Waals surface area contributed by atoms with Crippen LogP contribution in [0.5, 0.6) is 0 Å². The summed E-state index contributed by atoms with van der Waals surface area (Å²) < 4.78 is 16.1. The first kappa shape index (κ1) is 21.4. The number of imidazole rings is 1. The van der Waals surface area contributed by atoms with Gasteiger partial charge in [-0.25, -0.2) is 9.37 Å². The summed E-state index contributed by atoms with van der Waals surface area (Å²) >= 11 is 0. The van der Waals surface area contributed by atoms with Crippen molar-refractivity contribution in [2.45, 2.75) is 39.3 Å². The Labute approximate surface area is 192 Å². The van der Waals surface area contributed by atoms with Crippen molar-refractivity contribution in [2.75, 3.05) is 18.0 Å². The Morgan fingerprint density at radius 1 is 1.18 bits per heavy atom. The smallest absolute Gasteiger partial charge is 0.225 e. The summed E-state index contributed by atoms with van der Waals surface area (Å²) in [7, 11) is 0. The zero-order chi connectivity index (χ0) is 22.8. The molecule has 2 aromatic carbocycles. The predicted octanol–water partition coefficient (Wildman–Crippen LogP) is 4.67. The highest BCUT2D eigenvalue weighted by Gasteiger charge is 2.27. The van der Waals surface area contributed by atoms with E-state index in [-0.39, 0.29) is 17.6 Å². The normalized spacial score (nSPS) is 16.4. The molecular weight excluding hydrogens is 417 g/mol. The topological polar surface area (TPSA) is 63.1 Å². The lowest BCUT2D eigenvalue weighted by Crippen LogP contribution is -2.43. The summed E-state index contributed by atoms with van der Waals surface area (Å²) in [6.45, 7) is 4.86. The first-order valence-electron chi connectivity index (χ1n) is 11.6. The summed E-state index contributed by atoms with van der Waals surface area (Å²) in [6.07, 6.45) is 4.49. The summed E-state index contributed by atoms with van der Waals surface area (Å²) in [5, 5.41) is 3.91. The number of aryl methyl sites for hydroxylation is 1. The van der Waals surface area contributed by atoms with Gasteiger partial charge in [0.1, 0.15) is 11.6 Å². The molecule has 4 aromatic rings. The molecule has 1 saturated heterocycles. The van der Waals surface area contributed by atoms with Gasteiger partial charge in [-0.1, -0.05) is 19.1 Å². The zero-order valence-corrected chi connectivity index (χ0v) is 18.8. The molecular formula is C26H28FN5O. The Bertz CT molecular complexity index is 1300. The lowest BCUT2D eigenvalue weighted by Gasteiger charge is -2.34. The number of rotatable bonds is 6. The van der Waals surface area contributed by atoms with Crippen molar-refractivity contribution < 1.29 is 9.18 Å². The number of para-hydroxylation sites is 2. The summed E-state index contributed by atoms with van der Waals surface area (Å²) in [4.78, 5) is 24.4. The molecule has 2 aromatic heterocycles. The lowest BCUT2D eigenvalue weighted by molar-refractivity contribution is -0.125. The fraction of sp³-hybridized carbons (Fsp3) is 0.346. The van der Waals surface area contributed by atoms with Gasteiger partial charge in [0.25, 0.3) is 0 Å². The van der Waals surface area contributed by atoms with Crippen molar-refractivity contribution in [1.82, 2.24) is 19.9 Å². The minimum Gasteiger partial charge on any atom is -0.370 e. The number of halogens is 1. The monoisotopic (exact) mass is 445 g/mol. The van der Waals surface area contributed by atoms with E-state index < -0.39 is 0 Å². The van der Waals surface area contributed by atoms with Crippen molar-refractivity contribution >= 4 is 33.5 Å². The molecule has 170 valence electrons. The Morgan fingerprint density at radius 2 is 2.06 bits per heavy atom. The SMILES string of the molecule is CCCn1c(CNC(=O)C2CCCN(c3ccnc4ccc(F)cc34)C2)nc2ccccc21. The number of nitrogens with one attached hydrogen (secondary N) is 1. The van der Waals surface area contributed by atoms with Crippen LogP contribution in [0.25, 0.3) is 21.9 Å². The number of carbonyl (C=O) groups excluding carboxylic acids is 1. The van der Waals surface area contributed by atoms with E-state index >= 15 is 0 Å². The van der Waals surface area contributed by atoms with E-state index in [0.29, 0.717) is 13.1 Å². The third-order valence-electron chi connectivity index (χ3n) is 6.42. The molecule has 5 rings (SSSR count). The second-order valence-electron chi connectivity index (χ2n) is 8.66. The molecule has 6 nitrogen and oxygen atoms in total. The number of piperidine rings is 1. The van der Waals surface area contributed by atoms with Gasteiger partial charge in [0, 0.05) is 36.9 Å². The molecule has 0 saturated carbocycles. The van der Waals surface area contributed by atoms with Crippen LogP contribution in [0.1, 0.15) is 32.0 Å². The Kier molecular flexibility index (Phi) is 5.94. The second-order valence-corrected chi connectivity index (χ2v) is 8.66. The lowest BCUT2D eigenvalue weighted by atomic mass is 9.96. The van der Waals surface area contributed by atoms with Crippen molar-refractivity contribution in [3.63, 3.8) is 0 Å². The van der Waals surface area contributed by atoms with Crippen LogP contribution in [0, 0.1) is 11.7 Å². The third kappa shape index (κ3) is 4.27. The number of aromatic nitrogens is 3. The maximum atomic E-state index is 13.9. The molecule has 0 spiro atoms. The first-order chi connectivity index (χ1) is 16.1. The number of carbonyl (C=O) groups is 1.